The van der Waals surface area contributed by atoms with Gasteiger partial charge in [0, 0.05) is 29.6 Å². The molecule has 0 bridgehead atoms. The minimum atomic E-state index is -3.62. The van der Waals surface area contributed by atoms with Gasteiger partial charge in [-0.2, -0.15) is 0 Å². The molecule has 150 valence electrons. The number of benzene rings is 2. The van der Waals surface area contributed by atoms with Crippen LogP contribution in [0, 0.1) is 6.92 Å². The smallest absolute Gasteiger partial charge is 0.233 e. The largest absolute Gasteiger partial charge is 0.444 e. The van der Waals surface area contributed by atoms with Crippen molar-refractivity contribution < 1.29 is 17.6 Å². The van der Waals surface area contributed by atoms with Gasteiger partial charge in [-0.1, -0.05) is 36.4 Å². The minimum absolute atomic E-state index is 0.000739. The highest BCUT2D eigenvalue weighted by atomic mass is 32.2. The number of nitrogens with zero attached hydrogens (tertiary/aromatic N) is 1. The maximum absolute atomic E-state index is 12.1. The molecule has 8 heteroatoms. The highest BCUT2D eigenvalue weighted by Gasteiger charge is 2.09. The van der Waals surface area contributed by atoms with Crippen LogP contribution in [0.5, 0.6) is 0 Å². The van der Waals surface area contributed by atoms with Gasteiger partial charge < -0.3 is 9.73 Å². The molecule has 0 fully saturated rings. The van der Waals surface area contributed by atoms with Gasteiger partial charge in [0.1, 0.15) is 6.26 Å². The number of oxazole rings is 1. The number of rotatable bonds is 8. The maximum atomic E-state index is 12.1. The van der Waals surface area contributed by atoms with E-state index in [-0.39, 0.29) is 18.9 Å². The van der Waals surface area contributed by atoms with Crippen LogP contribution in [0.2, 0.25) is 0 Å². The fraction of sp³-hybridized carbons (Fsp3) is 0.143. The Morgan fingerprint density at radius 2 is 1.93 bits per heavy atom. The monoisotopic (exact) mass is 411 g/mol. The van der Waals surface area contributed by atoms with Crippen LogP contribution in [0.3, 0.4) is 0 Å². The molecule has 0 saturated heterocycles. The van der Waals surface area contributed by atoms with Crippen molar-refractivity contribution in [2.24, 2.45) is 0 Å². The van der Waals surface area contributed by atoms with E-state index in [1.165, 1.54) is 6.08 Å². The second-order valence-corrected chi connectivity index (χ2v) is 7.98. The fourth-order valence-electron chi connectivity index (χ4n) is 2.53. The highest BCUT2D eigenvalue weighted by Crippen LogP contribution is 2.22. The van der Waals surface area contributed by atoms with Gasteiger partial charge in [-0.05, 0) is 36.8 Å². The third-order valence-electron chi connectivity index (χ3n) is 3.91. The molecule has 0 aliphatic heterocycles. The Kier molecular flexibility index (Phi) is 6.58. The van der Waals surface area contributed by atoms with Gasteiger partial charge in [0.2, 0.25) is 21.8 Å². The Morgan fingerprint density at radius 3 is 2.66 bits per heavy atom. The first kappa shape index (κ1) is 20.5. The summed E-state index contributed by atoms with van der Waals surface area (Å²) >= 11 is 0. The van der Waals surface area contributed by atoms with Crippen molar-refractivity contribution in [1.29, 1.82) is 0 Å². The summed E-state index contributed by atoms with van der Waals surface area (Å²) in [5.74, 6) is 0.164. The molecule has 0 saturated carbocycles. The third-order valence-corrected chi connectivity index (χ3v) is 5.01. The second kappa shape index (κ2) is 9.31. The summed E-state index contributed by atoms with van der Waals surface area (Å²) in [6.45, 7) is 1.82. The van der Waals surface area contributed by atoms with Crippen LogP contribution in [-0.2, 0) is 14.8 Å². The lowest BCUT2D eigenvalue weighted by atomic mass is 10.2. The zero-order chi connectivity index (χ0) is 20.7. The molecule has 0 atom stereocenters. The summed E-state index contributed by atoms with van der Waals surface area (Å²) in [6, 6.07) is 16.2. The summed E-state index contributed by atoms with van der Waals surface area (Å²) in [6.07, 6.45) is 3.05. The van der Waals surface area contributed by atoms with E-state index in [0.29, 0.717) is 11.6 Å². The lowest BCUT2D eigenvalue weighted by molar-refractivity contribution is -0.116. The molecule has 1 amide bonds. The maximum Gasteiger partial charge on any atom is 0.233 e. The first-order valence-corrected chi connectivity index (χ1v) is 10.5. The van der Waals surface area contributed by atoms with Crippen molar-refractivity contribution in [3.8, 4) is 11.5 Å². The van der Waals surface area contributed by atoms with Crippen LogP contribution in [-0.4, -0.2) is 25.9 Å². The normalized spacial score (nSPS) is 11.6. The van der Waals surface area contributed by atoms with Crippen molar-refractivity contribution in [2.75, 3.05) is 11.9 Å². The fourth-order valence-corrected chi connectivity index (χ4v) is 3.35. The molecule has 2 N–H and O–H groups in total. The lowest BCUT2D eigenvalue weighted by Gasteiger charge is -2.07. The summed E-state index contributed by atoms with van der Waals surface area (Å²) in [7, 11) is -3.62. The molecule has 7 nitrogen and oxygen atoms in total. The first-order valence-electron chi connectivity index (χ1n) is 8.96. The predicted molar refractivity (Wildman–Crippen MR) is 112 cm³/mol. The molecule has 1 aromatic heterocycles. The van der Waals surface area contributed by atoms with Crippen molar-refractivity contribution in [2.45, 2.75) is 13.3 Å². The summed E-state index contributed by atoms with van der Waals surface area (Å²) in [5, 5.41) is 3.83. The van der Waals surface area contributed by atoms with E-state index >= 15 is 0 Å². The number of carbonyl (C=O) groups excluding carboxylic acids is 1. The van der Waals surface area contributed by atoms with E-state index in [1.54, 1.807) is 36.6 Å². The van der Waals surface area contributed by atoms with E-state index in [0.717, 1.165) is 22.2 Å². The molecule has 0 aliphatic carbocycles. The molecule has 29 heavy (non-hydrogen) atoms. The molecule has 3 rings (SSSR count). The van der Waals surface area contributed by atoms with Crippen molar-refractivity contribution in [3.05, 3.63) is 77.5 Å². The van der Waals surface area contributed by atoms with Gasteiger partial charge in [-0.25, -0.2) is 18.1 Å². The molecule has 3 aromatic rings. The van der Waals surface area contributed by atoms with E-state index in [1.807, 2.05) is 31.2 Å². The van der Waals surface area contributed by atoms with Gasteiger partial charge in [0.05, 0.1) is 5.69 Å². The number of hydrogen-bond donors (Lipinski definition) is 2. The number of nitrogens with one attached hydrogen (secondary N) is 2. The van der Waals surface area contributed by atoms with Crippen LogP contribution in [0.4, 0.5) is 5.69 Å². The van der Waals surface area contributed by atoms with E-state index in [2.05, 4.69) is 15.0 Å². The van der Waals surface area contributed by atoms with Crippen molar-refractivity contribution in [1.82, 2.24) is 9.71 Å². The molecular formula is C21H21N3O4S. The molecule has 0 radical (unpaired) electrons. The number of sulfonamides is 1. The van der Waals surface area contributed by atoms with Crippen molar-refractivity contribution >= 4 is 27.7 Å². The van der Waals surface area contributed by atoms with Crippen LogP contribution >= 0.6 is 0 Å². The lowest BCUT2D eigenvalue weighted by Crippen LogP contribution is -2.26. The zero-order valence-corrected chi connectivity index (χ0v) is 16.6. The number of hydrogen-bond acceptors (Lipinski definition) is 5. The van der Waals surface area contributed by atoms with Gasteiger partial charge in [-0.15, -0.1) is 0 Å². The molecule has 1 heterocycles. The standard InChI is InChI=1S/C21H21N3O4S/c1-16-15-28-21(23-16)18-8-5-9-19(14-18)24-20(25)10-12-22-29(26,27)13-11-17-6-3-2-4-7-17/h2-9,11,13-15,22H,10,12H2,1H3,(H,24,25). The van der Waals surface area contributed by atoms with Gasteiger partial charge in [-0.3, -0.25) is 4.79 Å². The summed E-state index contributed by atoms with van der Waals surface area (Å²) in [4.78, 5) is 16.4. The van der Waals surface area contributed by atoms with Gasteiger partial charge in [0.15, 0.2) is 0 Å². The average molecular weight is 411 g/mol. The number of aromatic nitrogens is 1. The Labute approximate surface area is 169 Å². The Hall–Kier alpha value is -3.23. The minimum Gasteiger partial charge on any atom is -0.444 e. The second-order valence-electron chi connectivity index (χ2n) is 6.33. The van der Waals surface area contributed by atoms with E-state index < -0.39 is 10.0 Å². The van der Waals surface area contributed by atoms with Crippen molar-refractivity contribution in [3.63, 3.8) is 0 Å². The first-order chi connectivity index (χ1) is 13.9. The topological polar surface area (TPSA) is 101 Å². The third kappa shape index (κ3) is 6.41. The van der Waals surface area contributed by atoms with Crippen LogP contribution < -0.4 is 10.0 Å². The number of anilines is 1. The average Bonchev–Trinajstić information content (AvgIpc) is 3.14. The van der Waals surface area contributed by atoms with Crippen LogP contribution in [0.15, 0.2) is 70.7 Å². The number of aryl methyl sites for hydroxylation is 1. The SMILES string of the molecule is Cc1coc(-c2cccc(NC(=O)CCNS(=O)(=O)C=Cc3ccccc3)c2)n1. The molecular weight excluding hydrogens is 390 g/mol. The summed E-state index contributed by atoms with van der Waals surface area (Å²) in [5.41, 5.74) is 2.86. The van der Waals surface area contributed by atoms with E-state index in [9.17, 15) is 13.2 Å². The van der Waals surface area contributed by atoms with Gasteiger partial charge >= 0.3 is 0 Å². The molecule has 0 spiro atoms. The predicted octanol–water partition coefficient (Wildman–Crippen LogP) is 3.57. The molecule has 0 aliphatic rings. The van der Waals surface area contributed by atoms with E-state index in [4.69, 9.17) is 4.42 Å². The number of carbonyl (C=O) groups is 1. The zero-order valence-electron chi connectivity index (χ0n) is 15.8. The highest BCUT2D eigenvalue weighted by molar-refractivity contribution is 7.92. The Balaban J connectivity index is 1.50. The van der Waals surface area contributed by atoms with Crippen LogP contribution in [0.25, 0.3) is 17.5 Å². The number of amides is 1. The Morgan fingerprint density at radius 1 is 1.14 bits per heavy atom. The quantitative estimate of drug-likeness (QED) is 0.590. The van der Waals surface area contributed by atoms with Gasteiger partial charge in [0.25, 0.3) is 0 Å². The summed E-state index contributed by atoms with van der Waals surface area (Å²) < 4.78 is 31.7. The Bertz CT molecular complexity index is 1110. The molecule has 2 aromatic carbocycles. The molecule has 0 unspecified atom stereocenters. The van der Waals surface area contributed by atoms with Crippen LogP contribution in [0.1, 0.15) is 17.7 Å².